The van der Waals surface area contributed by atoms with Crippen LogP contribution in [0, 0.1) is 0 Å². The SMILES string of the molecule is CC.COc1ccc(OC)c(C(=O)Cc2cccc(Br)c2)c1. The molecule has 2 rings (SSSR count). The van der Waals surface area contributed by atoms with Crippen molar-refractivity contribution in [2.45, 2.75) is 20.3 Å². The minimum atomic E-state index is -0.00106. The Bertz CT molecular complexity index is 623. The smallest absolute Gasteiger partial charge is 0.171 e. The van der Waals surface area contributed by atoms with Crippen LogP contribution in [0.25, 0.3) is 0 Å². The third-order valence-corrected chi connectivity index (χ3v) is 3.45. The third-order valence-electron chi connectivity index (χ3n) is 2.96. The van der Waals surface area contributed by atoms with E-state index in [1.54, 1.807) is 32.4 Å². The molecule has 0 unspecified atom stereocenters. The Kier molecular flexibility index (Phi) is 7.67. The topological polar surface area (TPSA) is 35.5 Å². The largest absolute Gasteiger partial charge is 0.497 e. The molecule has 0 aromatic heterocycles. The predicted octanol–water partition coefficient (Wildman–Crippen LogP) is 4.92. The summed E-state index contributed by atoms with van der Waals surface area (Å²) < 4.78 is 11.4. The van der Waals surface area contributed by atoms with Crippen LogP contribution in [0.2, 0.25) is 0 Å². The van der Waals surface area contributed by atoms with Crippen LogP contribution in [0.4, 0.5) is 0 Å². The summed E-state index contributed by atoms with van der Waals surface area (Å²) in [5.74, 6) is 1.20. The summed E-state index contributed by atoms with van der Waals surface area (Å²) in [6.07, 6.45) is 0.322. The number of methoxy groups -OCH3 is 2. The molecule has 0 aliphatic rings. The Hall–Kier alpha value is -1.81. The Morgan fingerprint density at radius 2 is 1.77 bits per heavy atom. The molecular formula is C18H21BrO3. The van der Waals surface area contributed by atoms with Gasteiger partial charge < -0.3 is 9.47 Å². The summed E-state index contributed by atoms with van der Waals surface area (Å²) in [4.78, 5) is 12.4. The second-order valence-electron chi connectivity index (χ2n) is 4.30. The molecule has 0 aliphatic carbocycles. The van der Waals surface area contributed by atoms with Gasteiger partial charge in [0.15, 0.2) is 5.78 Å². The van der Waals surface area contributed by atoms with E-state index in [-0.39, 0.29) is 5.78 Å². The first kappa shape index (κ1) is 18.2. The minimum Gasteiger partial charge on any atom is -0.497 e. The Balaban J connectivity index is 0.00000116. The fourth-order valence-corrected chi connectivity index (χ4v) is 2.41. The van der Waals surface area contributed by atoms with Crippen LogP contribution >= 0.6 is 15.9 Å². The molecule has 0 radical (unpaired) electrons. The zero-order chi connectivity index (χ0) is 16.5. The molecule has 22 heavy (non-hydrogen) atoms. The van der Waals surface area contributed by atoms with E-state index in [1.165, 1.54) is 0 Å². The standard InChI is InChI=1S/C16H15BrO3.C2H6/c1-19-13-6-7-16(20-2)14(10-13)15(18)9-11-4-3-5-12(17)8-11;1-2/h3-8,10H,9H2,1-2H3;1-2H3. The average Bonchev–Trinajstić information content (AvgIpc) is 2.56. The highest BCUT2D eigenvalue weighted by Crippen LogP contribution is 2.25. The van der Waals surface area contributed by atoms with Gasteiger partial charge in [0.2, 0.25) is 0 Å². The van der Waals surface area contributed by atoms with Crippen molar-refractivity contribution >= 4 is 21.7 Å². The van der Waals surface area contributed by atoms with Crippen LogP contribution < -0.4 is 9.47 Å². The fourth-order valence-electron chi connectivity index (χ4n) is 1.96. The number of Topliss-reactive ketones (excluding diaryl/α,β-unsaturated/α-hetero) is 1. The van der Waals surface area contributed by atoms with Gasteiger partial charge in [-0.05, 0) is 35.9 Å². The molecule has 0 saturated carbocycles. The lowest BCUT2D eigenvalue weighted by Crippen LogP contribution is -2.06. The van der Waals surface area contributed by atoms with Crippen molar-refractivity contribution in [2.24, 2.45) is 0 Å². The predicted molar refractivity (Wildman–Crippen MR) is 93.1 cm³/mol. The zero-order valence-electron chi connectivity index (χ0n) is 13.4. The van der Waals surface area contributed by atoms with Gasteiger partial charge in [0.05, 0.1) is 19.8 Å². The summed E-state index contributed by atoms with van der Waals surface area (Å²) in [6.45, 7) is 4.00. The van der Waals surface area contributed by atoms with Gasteiger partial charge in [-0.3, -0.25) is 4.79 Å². The molecule has 0 N–H and O–H groups in total. The number of benzene rings is 2. The Morgan fingerprint density at radius 3 is 2.36 bits per heavy atom. The number of ketones is 1. The molecule has 0 fully saturated rings. The van der Waals surface area contributed by atoms with Crippen LogP contribution in [-0.4, -0.2) is 20.0 Å². The Labute approximate surface area is 140 Å². The van der Waals surface area contributed by atoms with Crippen LogP contribution in [0.15, 0.2) is 46.9 Å². The summed E-state index contributed by atoms with van der Waals surface area (Å²) in [5.41, 5.74) is 1.49. The first-order chi connectivity index (χ1) is 10.6. The van der Waals surface area contributed by atoms with Gasteiger partial charge in [-0.2, -0.15) is 0 Å². The van der Waals surface area contributed by atoms with E-state index in [1.807, 2.05) is 38.1 Å². The van der Waals surface area contributed by atoms with E-state index in [2.05, 4.69) is 15.9 Å². The van der Waals surface area contributed by atoms with E-state index in [0.29, 0.717) is 23.5 Å². The molecule has 2 aromatic carbocycles. The normalized spacial score (nSPS) is 9.50. The highest BCUT2D eigenvalue weighted by atomic mass is 79.9. The number of rotatable bonds is 5. The highest BCUT2D eigenvalue weighted by molar-refractivity contribution is 9.10. The molecule has 0 amide bonds. The number of carbonyl (C=O) groups excluding carboxylic acids is 1. The molecule has 0 bridgehead atoms. The zero-order valence-corrected chi connectivity index (χ0v) is 14.9. The van der Waals surface area contributed by atoms with Gasteiger partial charge in [-0.1, -0.05) is 41.9 Å². The number of ether oxygens (including phenoxy) is 2. The van der Waals surface area contributed by atoms with Crippen molar-refractivity contribution in [3.63, 3.8) is 0 Å². The monoisotopic (exact) mass is 364 g/mol. The second-order valence-corrected chi connectivity index (χ2v) is 5.21. The average molecular weight is 365 g/mol. The number of hydrogen-bond donors (Lipinski definition) is 0. The molecule has 0 heterocycles. The summed E-state index contributed by atoms with van der Waals surface area (Å²) in [5, 5.41) is 0. The number of halogens is 1. The maximum atomic E-state index is 12.4. The fraction of sp³-hybridized carbons (Fsp3) is 0.278. The molecule has 2 aromatic rings. The van der Waals surface area contributed by atoms with E-state index in [0.717, 1.165) is 10.0 Å². The van der Waals surface area contributed by atoms with E-state index >= 15 is 0 Å². The summed E-state index contributed by atoms with van der Waals surface area (Å²) >= 11 is 3.40. The van der Waals surface area contributed by atoms with Gasteiger partial charge in [0.25, 0.3) is 0 Å². The molecule has 3 nitrogen and oxygen atoms in total. The van der Waals surface area contributed by atoms with E-state index in [9.17, 15) is 4.79 Å². The van der Waals surface area contributed by atoms with Crippen LogP contribution in [0.5, 0.6) is 11.5 Å². The third kappa shape index (κ3) is 4.88. The van der Waals surface area contributed by atoms with Crippen molar-refractivity contribution in [3.8, 4) is 11.5 Å². The molecule has 0 aliphatic heterocycles. The first-order valence-corrected chi connectivity index (χ1v) is 7.93. The lowest BCUT2D eigenvalue weighted by molar-refractivity contribution is 0.0989. The lowest BCUT2D eigenvalue weighted by Gasteiger charge is -2.10. The summed E-state index contributed by atoms with van der Waals surface area (Å²) in [7, 11) is 3.13. The molecule has 0 spiro atoms. The van der Waals surface area contributed by atoms with Crippen molar-refractivity contribution in [1.29, 1.82) is 0 Å². The van der Waals surface area contributed by atoms with Gasteiger partial charge in [-0.15, -0.1) is 0 Å². The van der Waals surface area contributed by atoms with Crippen molar-refractivity contribution in [2.75, 3.05) is 14.2 Å². The molecule has 0 atom stereocenters. The van der Waals surface area contributed by atoms with Gasteiger partial charge in [0, 0.05) is 10.9 Å². The van der Waals surface area contributed by atoms with E-state index < -0.39 is 0 Å². The molecule has 0 saturated heterocycles. The van der Waals surface area contributed by atoms with E-state index in [4.69, 9.17) is 9.47 Å². The van der Waals surface area contributed by atoms with Gasteiger partial charge in [0.1, 0.15) is 11.5 Å². The summed E-state index contributed by atoms with van der Waals surface area (Å²) in [6, 6.07) is 12.9. The molecule has 118 valence electrons. The number of hydrogen-bond acceptors (Lipinski definition) is 3. The molecular weight excluding hydrogens is 344 g/mol. The Morgan fingerprint density at radius 1 is 1.05 bits per heavy atom. The maximum Gasteiger partial charge on any atom is 0.171 e. The van der Waals surface area contributed by atoms with Crippen LogP contribution in [0.3, 0.4) is 0 Å². The maximum absolute atomic E-state index is 12.4. The highest BCUT2D eigenvalue weighted by Gasteiger charge is 2.14. The molecule has 4 heteroatoms. The van der Waals surface area contributed by atoms with Crippen molar-refractivity contribution in [3.05, 3.63) is 58.1 Å². The van der Waals surface area contributed by atoms with Crippen molar-refractivity contribution in [1.82, 2.24) is 0 Å². The van der Waals surface area contributed by atoms with Gasteiger partial charge >= 0.3 is 0 Å². The number of carbonyl (C=O) groups is 1. The lowest BCUT2D eigenvalue weighted by atomic mass is 10.0. The quantitative estimate of drug-likeness (QED) is 0.706. The van der Waals surface area contributed by atoms with Gasteiger partial charge in [-0.25, -0.2) is 0 Å². The van der Waals surface area contributed by atoms with Crippen LogP contribution in [0.1, 0.15) is 29.8 Å². The van der Waals surface area contributed by atoms with Crippen LogP contribution in [-0.2, 0) is 6.42 Å². The first-order valence-electron chi connectivity index (χ1n) is 7.13. The van der Waals surface area contributed by atoms with Crippen molar-refractivity contribution < 1.29 is 14.3 Å². The second kappa shape index (κ2) is 9.26. The minimum absolute atomic E-state index is 0.00106.